The zero-order valence-corrected chi connectivity index (χ0v) is 27.8. The number of fused-ring (bicyclic) bond motifs is 7. The number of rotatable bonds is 4. The van der Waals surface area contributed by atoms with Gasteiger partial charge < -0.3 is 14.9 Å². The lowest BCUT2D eigenvalue weighted by Gasteiger charge is -2.71. The zero-order chi connectivity index (χ0) is 31.1. The molecule has 4 nitrogen and oxygen atoms in total. The van der Waals surface area contributed by atoms with Gasteiger partial charge in [0.05, 0.1) is 0 Å². The lowest BCUT2D eigenvalue weighted by molar-refractivity contribution is -0.212. The molecule has 8 atom stereocenters. The van der Waals surface area contributed by atoms with Crippen molar-refractivity contribution in [3.05, 3.63) is 47.6 Å². The second kappa shape index (κ2) is 10.2. The number of carbonyl (C=O) groups is 1. The standard InChI is InChI=1S/C39H56O4/c1-34(2)20-22-39(25-40)23-21-37(6)28(29(39)24-34)13-14-31-36(5)18-17-32(35(3,4)30(36)16-19-38(31,37)7)43-33(42)15-10-26-8-11-27(41)12-9-26/h8-13,15,29-32,40-41H,14,16-25H2,1-7H3/t29-,30+,31-,32+,36+,37-,38-,39-/m1/s1. The summed E-state index contributed by atoms with van der Waals surface area (Å²) in [5, 5.41) is 20.3. The van der Waals surface area contributed by atoms with Crippen molar-refractivity contribution in [3.8, 4) is 5.75 Å². The van der Waals surface area contributed by atoms with Crippen molar-refractivity contribution in [2.45, 2.75) is 119 Å². The van der Waals surface area contributed by atoms with Gasteiger partial charge in [0, 0.05) is 23.5 Å². The maximum absolute atomic E-state index is 13.0. The van der Waals surface area contributed by atoms with E-state index in [9.17, 15) is 15.0 Å². The fraction of sp³-hybridized carbons (Fsp3) is 0.718. The van der Waals surface area contributed by atoms with Gasteiger partial charge in [0.15, 0.2) is 0 Å². The smallest absolute Gasteiger partial charge is 0.331 e. The Balaban J connectivity index is 1.25. The number of aliphatic hydroxyl groups excluding tert-OH is 1. The number of allylic oxidation sites excluding steroid dienone is 2. The van der Waals surface area contributed by atoms with Crippen LogP contribution in [0, 0.1) is 50.2 Å². The summed E-state index contributed by atoms with van der Waals surface area (Å²) in [6.45, 7) is 17.7. The predicted octanol–water partition coefficient (Wildman–Crippen LogP) is 9.11. The van der Waals surface area contributed by atoms with Gasteiger partial charge in [-0.25, -0.2) is 4.79 Å². The topological polar surface area (TPSA) is 66.8 Å². The molecule has 0 saturated heterocycles. The molecule has 0 amide bonds. The fourth-order valence-electron chi connectivity index (χ4n) is 11.8. The second-order valence-electron chi connectivity index (χ2n) is 17.4. The largest absolute Gasteiger partial charge is 0.508 e. The fourth-order valence-corrected chi connectivity index (χ4v) is 11.8. The molecule has 4 saturated carbocycles. The van der Waals surface area contributed by atoms with E-state index in [1.165, 1.54) is 38.2 Å². The first-order valence-electron chi connectivity index (χ1n) is 17.1. The molecule has 0 aromatic heterocycles. The molecule has 0 bridgehead atoms. The van der Waals surface area contributed by atoms with Crippen molar-refractivity contribution in [1.29, 1.82) is 0 Å². The van der Waals surface area contributed by atoms with Crippen LogP contribution in [-0.4, -0.2) is 28.9 Å². The average Bonchev–Trinajstić information content (AvgIpc) is 2.94. The quantitative estimate of drug-likeness (QED) is 0.209. The monoisotopic (exact) mass is 588 g/mol. The third-order valence-corrected chi connectivity index (χ3v) is 14.6. The molecule has 5 aliphatic carbocycles. The summed E-state index contributed by atoms with van der Waals surface area (Å²) < 4.78 is 6.20. The Morgan fingerprint density at radius 2 is 1.60 bits per heavy atom. The summed E-state index contributed by atoms with van der Waals surface area (Å²) in [5.41, 5.74) is 3.48. The van der Waals surface area contributed by atoms with Crippen LogP contribution in [0.25, 0.3) is 6.08 Å². The number of hydrogen-bond acceptors (Lipinski definition) is 4. The number of benzene rings is 1. The van der Waals surface area contributed by atoms with Crippen LogP contribution in [0.5, 0.6) is 5.75 Å². The zero-order valence-electron chi connectivity index (χ0n) is 27.8. The van der Waals surface area contributed by atoms with E-state index in [0.717, 1.165) is 37.7 Å². The number of phenols is 1. The minimum Gasteiger partial charge on any atom is -0.508 e. The third kappa shape index (κ3) is 4.67. The SMILES string of the molecule is CC1(C)CC[C@]2(CO)CC[C@]3(C)C(=CC[C@@H]4[C@@]5(C)CC[C@H](OC(=O)C=Cc6ccc(O)cc6)C(C)(C)[C@@H]5CC[C@]43C)[C@H]2C1. The maximum Gasteiger partial charge on any atom is 0.331 e. The molecule has 0 heterocycles. The molecule has 0 unspecified atom stereocenters. The van der Waals surface area contributed by atoms with E-state index >= 15 is 0 Å². The van der Waals surface area contributed by atoms with Crippen LogP contribution in [0.1, 0.15) is 118 Å². The van der Waals surface area contributed by atoms with Crippen molar-refractivity contribution >= 4 is 12.0 Å². The molecule has 0 aliphatic heterocycles. The predicted molar refractivity (Wildman–Crippen MR) is 173 cm³/mol. The van der Waals surface area contributed by atoms with Gasteiger partial charge in [0.1, 0.15) is 11.9 Å². The highest BCUT2D eigenvalue weighted by atomic mass is 16.5. The van der Waals surface area contributed by atoms with Gasteiger partial charge in [-0.1, -0.05) is 72.2 Å². The highest BCUT2D eigenvalue weighted by molar-refractivity contribution is 5.87. The Hall–Kier alpha value is -2.07. The Labute approximate surface area is 260 Å². The first kappa shape index (κ1) is 30.9. The summed E-state index contributed by atoms with van der Waals surface area (Å²) in [7, 11) is 0. The summed E-state index contributed by atoms with van der Waals surface area (Å²) >= 11 is 0. The van der Waals surface area contributed by atoms with E-state index in [2.05, 4.69) is 54.5 Å². The van der Waals surface area contributed by atoms with Gasteiger partial charge in [-0.15, -0.1) is 0 Å². The first-order chi connectivity index (χ1) is 20.1. The molecule has 4 fully saturated rings. The number of aliphatic hydroxyl groups is 1. The summed E-state index contributed by atoms with van der Waals surface area (Å²) in [6, 6.07) is 6.85. The van der Waals surface area contributed by atoms with Gasteiger partial charge in [-0.2, -0.15) is 0 Å². The minimum absolute atomic E-state index is 0.0752. The molecule has 1 aromatic rings. The molecule has 4 heteroatoms. The molecule has 2 N–H and O–H groups in total. The number of esters is 1. The molecular weight excluding hydrogens is 532 g/mol. The lowest BCUT2D eigenvalue weighted by atomic mass is 9.33. The van der Waals surface area contributed by atoms with Crippen LogP contribution >= 0.6 is 0 Å². The summed E-state index contributed by atoms with van der Waals surface area (Å²) in [4.78, 5) is 13.0. The van der Waals surface area contributed by atoms with E-state index in [0.29, 0.717) is 29.8 Å². The van der Waals surface area contributed by atoms with Gasteiger partial charge in [0.25, 0.3) is 0 Å². The van der Waals surface area contributed by atoms with Crippen LogP contribution in [0.2, 0.25) is 0 Å². The third-order valence-electron chi connectivity index (χ3n) is 14.6. The number of aromatic hydroxyl groups is 1. The second-order valence-corrected chi connectivity index (χ2v) is 17.4. The maximum atomic E-state index is 13.0. The number of carbonyl (C=O) groups excluding carboxylic acids is 1. The van der Waals surface area contributed by atoms with Crippen LogP contribution in [0.3, 0.4) is 0 Å². The van der Waals surface area contributed by atoms with E-state index in [1.54, 1.807) is 35.9 Å². The Bertz CT molecular complexity index is 1300. The van der Waals surface area contributed by atoms with Crippen molar-refractivity contribution in [2.24, 2.45) is 50.2 Å². The molecule has 6 rings (SSSR count). The van der Waals surface area contributed by atoms with E-state index in [1.807, 2.05) is 0 Å². The van der Waals surface area contributed by atoms with Crippen LogP contribution < -0.4 is 0 Å². The van der Waals surface area contributed by atoms with Crippen molar-refractivity contribution in [1.82, 2.24) is 0 Å². The molecule has 0 radical (unpaired) electrons. The Kier molecular flexibility index (Phi) is 7.36. The van der Waals surface area contributed by atoms with Gasteiger partial charge in [-0.05, 0) is 127 Å². The summed E-state index contributed by atoms with van der Waals surface area (Å²) in [6.07, 6.45) is 17.4. The molecule has 5 aliphatic rings. The highest BCUT2D eigenvalue weighted by Gasteiger charge is 2.68. The van der Waals surface area contributed by atoms with Gasteiger partial charge in [-0.3, -0.25) is 0 Å². The van der Waals surface area contributed by atoms with Crippen LogP contribution in [0.15, 0.2) is 42.0 Å². The lowest BCUT2D eigenvalue weighted by Crippen LogP contribution is -2.65. The van der Waals surface area contributed by atoms with E-state index < -0.39 is 0 Å². The van der Waals surface area contributed by atoms with Crippen LogP contribution in [0.4, 0.5) is 0 Å². The average molecular weight is 589 g/mol. The normalized spacial score (nSPS) is 43.0. The highest BCUT2D eigenvalue weighted by Crippen LogP contribution is 2.75. The minimum atomic E-state index is -0.280. The number of hydrogen-bond donors (Lipinski definition) is 2. The molecule has 43 heavy (non-hydrogen) atoms. The summed E-state index contributed by atoms with van der Waals surface area (Å²) in [5.74, 6) is 1.55. The van der Waals surface area contributed by atoms with Crippen molar-refractivity contribution in [2.75, 3.05) is 6.61 Å². The van der Waals surface area contributed by atoms with Crippen LogP contribution in [-0.2, 0) is 9.53 Å². The molecule has 236 valence electrons. The Morgan fingerprint density at radius 1 is 0.907 bits per heavy atom. The molecule has 1 aromatic carbocycles. The first-order valence-corrected chi connectivity index (χ1v) is 17.1. The van der Waals surface area contributed by atoms with E-state index in [4.69, 9.17) is 4.74 Å². The molecular formula is C39H56O4. The van der Waals surface area contributed by atoms with Crippen molar-refractivity contribution < 1.29 is 19.7 Å². The number of ether oxygens (including phenoxy) is 1. The van der Waals surface area contributed by atoms with E-state index in [-0.39, 0.29) is 44.9 Å². The Morgan fingerprint density at radius 3 is 2.30 bits per heavy atom. The van der Waals surface area contributed by atoms with Crippen molar-refractivity contribution in [3.63, 3.8) is 0 Å². The molecule has 0 spiro atoms. The van der Waals surface area contributed by atoms with Gasteiger partial charge >= 0.3 is 5.97 Å². The van der Waals surface area contributed by atoms with Gasteiger partial charge in [0.2, 0.25) is 0 Å². The number of phenolic OH excluding ortho intramolecular Hbond substituents is 1.